The van der Waals surface area contributed by atoms with E-state index in [2.05, 4.69) is 0 Å². The van der Waals surface area contributed by atoms with Gasteiger partial charge in [0.05, 0.1) is 17.8 Å². The normalized spacial score (nSPS) is 11.0. The molecule has 0 saturated carbocycles. The topological polar surface area (TPSA) is 110 Å². The smallest absolute Gasteiger partial charge is 0.339 e. The number of carbonyl (C=O) groups is 1. The van der Waals surface area contributed by atoms with Crippen LogP contribution in [0.5, 0.6) is 17.2 Å². The second kappa shape index (κ2) is 7.22. The van der Waals surface area contributed by atoms with E-state index in [4.69, 9.17) is 14.6 Å². The monoisotopic (exact) mass is 352 g/mol. The molecule has 0 aliphatic heterocycles. The van der Waals surface area contributed by atoms with E-state index in [1.54, 1.807) is 12.1 Å². The molecule has 0 atom stereocenters. The lowest BCUT2D eigenvalue weighted by molar-refractivity contribution is 0.0693. The third-order valence-electron chi connectivity index (χ3n) is 3.24. The van der Waals surface area contributed by atoms with Gasteiger partial charge in [0.25, 0.3) is 0 Å². The van der Waals surface area contributed by atoms with E-state index >= 15 is 0 Å². The zero-order valence-corrected chi connectivity index (χ0v) is 13.6. The molecule has 8 heteroatoms. The molecule has 2 N–H and O–H groups in total. The van der Waals surface area contributed by atoms with Gasteiger partial charge in [0, 0.05) is 0 Å². The molecule has 0 saturated heterocycles. The molecule has 2 rings (SSSR count). The maximum atomic E-state index is 12.2. The lowest BCUT2D eigenvalue weighted by Gasteiger charge is -2.09. The van der Waals surface area contributed by atoms with Crippen LogP contribution in [-0.4, -0.2) is 44.1 Å². The summed E-state index contributed by atoms with van der Waals surface area (Å²) in [5.74, 6) is -1.25. The number of carboxylic acid groups (broad SMARTS) is 1. The van der Waals surface area contributed by atoms with E-state index in [9.17, 15) is 18.3 Å². The van der Waals surface area contributed by atoms with Crippen LogP contribution in [0.4, 0.5) is 0 Å². The van der Waals surface area contributed by atoms with Crippen molar-refractivity contribution in [2.75, 3.05) is 19.5 Å². The summed E-state index contributed by atoms with van der Waals surface area (Å²) in [6, 6.07) is 9.66. The quantitative estimate of drug-likeness (QED) is 0.783. The molecule has 0 radical (unpaired) electrons. The predicted octanol–water partition coefficient (Wildman–Crippen LogP) is 1.95. The van der Waals surface area contributed by atoms with Crippen LogP contribution in [0, 0.1) is 0 Å². The van der Waals surface area contributed by atoms with Crippen molar-refractivity contribution in [3.05, 3.63) is 48.0 Å². The number of benzene rings is 2. The molecule has 0 spiro atoms. The number of hydrogen-bond acceptors (Lipinski definition) is 6. The molecule has 0 heterocycles. The molecule has 7 nitrogen and oxygen atoms in total. The first kappa shape index (κ1) is 17.6. The highest BCUT2D eigenvalue weighted by Gasteiger charge is 2.15. The number of phenols is 1. The number of hydrogen-bond donors (Lipinski definition) is 2. The highest BCUT2D eigenvalue weighted by Crippen LogP contribution is 2.23. The summed E-state index contributed by atoms with van der Waals surface area (Å²) in [7, 11) is -2.05. The van der Waals surface area contributed by atoms with Crippen molar-refractivity contribution in [2.45, 2.75) is 4.90 Å². The molecule has 2 aromatic carbocycles. The summed E-state index contributed by atoms with van der Waals surface area (Å²) in [4.78, 5) is 11.1. The van der Waals surface area contributed by atoms with Crippen LogP contribution in [0.3, 0.4) is 0 Å². The van der Waals surface area contributed by atoms with E-state index < -0.39 is 15.8 Å². The number of rotatable bonds is 7. The van der Waals surface area contributed by atoms with Crippen molar-refractivity contribution < 1.29 is 32.9 Å². The summed E-state index contributed by atoms with van der Waals surface area (Å²) in [6.07, 6.45) is 0. The Hall–Kier alpha value is -2.74. The Labute approximate surface area is 139 Å². The summed E-state index contributed by atoms with van der Waals surface area (Å²) in [5, 5.41) is 18.3. The molecule has 0 unspecified atom stereocenters. The first-order chi connectivity index (χ1) is 11.3. The first-order valence-electron chi connectivity index (χ1n) is 6.89. The number of carboxylic acids is 1. The lowest BCUT2D eigenvalue weighted by atomic mass is 10.2. The van der Waals surface area contributed by atoms with Gasteiger partial charge in [0.2, 0.25) is 0 Å². The molecule has 128 valence electrons. The Morgan fingerprint density at radius 3 is 2.29 bits per heavy atom. The molecule has 0 amide bonds. The van der Waals surface area contributed by atoms with Gasteiger partial charge in [-0.3, -0.25) is 0 Å². The van der Waals surface area contributed by atoms with Crippen LogP contribution in [0.1, 0.15) is 10.4 Å². The fraction of sp³-hybridized carbons (Fsp3) is 0.188. The highest BCUT2D eigenvalue weighted by atomic mass is 32.2. The van der Waals surface area contributed by atoms with Crippen LogP contribution >= 0.6 is 0 Å². The van der Waals surface area contributed by atoms with Gasteiger partial charge in [0.15, 0.2) is 9.84 Å². The van der Waals surface area contributed by atoms with Crippen molar-refractivity contribution >= 4 is 15.8 Å². The van der Waals surface area contributed by atoms with E-state index in [1.165, 1.54) is 31.4 Å². The molecular formula is C16H16O7S. The predicted molar refractivity (Wildman–Crippen MR) is 85.6 cm³/mol. The van der Waals surface area contributed by atoms with Gasteiger partial charge in [-0.1, -0.05) is 0 Å². The van der Waals surface area contributed by atoms with Crippen LogP contribution in [-0.2, 0) is 9.84 Å². The van der Waals surface area contributed by atoms with Gasteiger partial charge in [0.1, 0.15) is 29.4 Å². The third-order valence-corrected chi connectivity index (χ3v) is 4.93. The van der Waals surface area contributed by atoms with Crippen LogP contribution in [0.2, 0.25) is 0 Å². The minimum atomic E-state index is -3.54. The van der Waals surface area contributed by atoms with Crippen LogP contribution < -0.4 is 9.47 Å². The van der Waals surface area contributed by atoms with E-state index in [0.717, 1.165) is 6.07 Å². The summed E-state index contributed by atoms with van der Waals surface area (Å²) in [5.41, 5.74) is -0.314. The number of ether oxygens (including phenoxy) is 2. The second-order valence-corrected chi connectivity index (χ2v) is 6.94. The Bertz CT molecular complexity index is 826. The fourth-order valence-electron chi connectivity index (χ4n) is 1.95. The molecule has 24 heavy (non-hydrogen) atoms. The minimum Gasteiger partial charge on any atom is -0.507 e. The molecule has 0 aromatic heterocycles. The van der Waals surface area contributed by atoms with Crippen LogP contribution in [0.25, 0.3) is 0 Å². The maximum absolute atomic E-state index is 12.2. The summed E-state index contributed by atoms with van der Waals surface area (Å²) < 4.78 is 34.6. The highest BCUT2D eigenvalue weighted by molar-refractivity contribution is 7.91. The molecule has 2 aromatic rings. The largest absolute Gasteiger partial charge is 0.507 e. The maximum Gasteiger partial charge on any atom is 0.339 e. The lowest BCUT2D eigenvalue weighted by Crippen LogP contribution is -2.14. The number of methoxy groups -OCH3 is 1. The Kier molecular flexibility index (Phi) is 5.30. The van der Waals surface area contributed by atoms with Gasteiger partial charge in [-0.25, -0.2) is 13.2 Å². The van der Waals surface area contributed by atoms with Gasteiger partial charge in [-0.05, 0) is 42.5 Å². The average Bonchev–Trinajstić information content (AvgIpc) is 2.56. The standard InChI is InChI=1S/C16H16O7S/c1-22-11-2-5-13(6-3-11)24(20,21)9-8-23-12-4-7-15(17)14(10-12)16(18)19/h2-7,10,17H,8-9H2,1H3,(H,18,19). The van der Waals surface area contributed by atoms with Crippen molar-refractivity contribution in [3.63, 3.8) is 0 Å². The summed E-state index contributed by atoms with van der Waals surface area (Å²) in [6.45, 7) is -0.155. The molecule has 0 fully saturated rings. The Morgan fingerprint density at radius 1 is 1.08 bits per heavy atom. The SMILES string of the molecule is COc1ccc(S(=O)(=O)CCOc2ccc(O)c(C(=O)O)c2)cc1. The zero-order chi connectivity index (χ0) is 17.7. The molecule has 0 aliphatic rings. The summed E-state index contributed by atoms with van der Waals surface area (Å²) >= 11 is 0. The van der Waals surface area contributed by atoms with Crippen molar-refractivity contribution in [2.24, 2.45) is 0 Å². The van der Waals surface area contributed by atoms with E-state index in [1.807, 2.05) is 0 Å². The van der Waals surface area contributed by atoms with E-state index in [0.29, 0.717) is 5.75 Å². The third kappa shape index (κ3) is 4.17. The number of aromatic carboxylic acids is 1. The van der Waals surface area contributed by atoms with Crippen LogP contribution in [0.15, 0.2) is 47.4 Å². The average molecular weight is 352 g/mol. The minimum absolute atomic E-state index is 0.142. The molecule has 0 bridgehead atoms. The number of aromatic hydroxyl groups is 1. The van der Waals surface area contributed by atoms with E-state index in [-0.39, 0.29) is 34.3 Å². The Balaban J connectivity index is 2.02. The second-order valence-electron chi connectivity index (χ2n) is 4.83. The van der Waals surface area contributed by atoms with Crippen molar-refractivity contribution in [1.29, 1.82) is 0 Å². The zero-order valence-electron chi connectivity index (χ0n) is 12.8. The fourth-order valence-corrected chi connectivity index (χ4v) is 3.04. The molecule has 0 aliphatic carbocycles. The molecular weight excluding hydrogens is 336 g/mol. The first-order valence-corrected chi connectivity index (χ1v) is 8.54. The number of sulfone groups is 1. The van der Waals surface area contributed by atoms with Gasteiger partial charge in [-0.2, -0.15) is 0 Å². The van der Waals surface area contributed by atoms with Gasteiger partial charge < -0.3 is 19.7 Å². The Morgan fingerprint density at radius 2 is 1.71 bits per heavy atom. The van der Waals surface area contributed by atoms with Gasteiger partial charge >= 0.3 is 5.97 Å². The van der Waals surface area contributed by atoms with Crippen molar-refractivity contribution in [1.82, 2.24) is 0 Å². The van der Waals surface area contributed by atoms with Gasteiger partial charge in [-0.15, -0.1) is 0 Å². The van der Waals surface area contributed by atoms with Crippen molar-refractivity contribution in [3.8, 4) is 17.2 Å².